The lowest BCUT2D eigenvalue weighted by Gasteiger charge is -2.28. The summed E-state index contributed by atoms with van der Waals surface area (Å²) < 4.78 is 84.7. The highest BCUT2D eigenvalue weighted by molar-refractivity contribution is 7.89. The normalized spacial score (nSPS) is 26.0. The average molecular weight is 599 g/mol. The Labute approximate surface area is 239 Å². The third-order valence-corrected chi connectivity index (χ3v) is 10.7. The standard InChI is InChI=1S/C29H26F4N6O2S/c1-17-10-25-19(13-35-39(25)22-8-6-21(30)7-9-22)12-23(17)28-16-38(42(40,41)26-14-34-37(2)36-26)15-24(28)27(28)18-4-3-5-20(11-18)29(31,32)33/h3-10,12-14,18,24,27H,11,15-16H2,1-2H3/t18?,24-,27+,28+/m1/s1. The lowest BCUT2D eigenvalue weighted by Crippen LogP contribution is -2.36. The van der Waals surface area contributed by atoms with Crippen LogP contribution in [0.4, 0.5) is 17.6 Å². The third kappa shape index (κ3) is 4.04. The van der Waals surface area contributed by atoms with E-state index in [0.717, 1.165) is 28.1 Å². The number of hydrogen-bond acceptors (Lipinski definition) is 5. The summed E-state index contributed by atoms with van der Waals surface area (Å²) in [5.74, 6) is -1.12. The molecule has 218 valence electrons. The number of piperidine rings is 1. The highest BCUT2D eigenvalue weighted by Crippen LogP contribution is 2.69. The second-order valence-corrected chi connectivity index (χ2v) is 13.2. The summed E-state index contributed by atoms with van der Waals surface area (Å²) in [5, 5.41) is 13.1. The number of aryl methyl sites for hydroxylation is 2. The number of fused-ring (bicyclic) bond motifs is 2. The molecule has 2 aromatic heterocycles. The van der Waals surface area contributed by atoms with Crippen LogP contribution in [-0.4, -0.2) is 56.8 Å². The molecular formula is C29H26F4N6O2S. The average Bonchev–Trinajstić information content (AvgIpc) is 3.36. The van der Waals surface area contributed by atoms with E-state index in [9.17, 15) is 26.0 Å². The highest BCUT2D eigenvalue weighted by Gasteiger charge is 2.73. The number of rotatable bonds is 5. The molecule has 4 atom stereocenters. The van der Waals surface area contributed by atoms with Crippen molar-refractivity contribution in [1.82, 2.24) is 29.1 Å². The maximum atomic E-state index is 13.7. The Morgan fingerprint density at radius 2 is 1.83 bits per heavy atom. The minimum Gasteiger partial charge on any atom is -0.233 e. The van der Waals surface area contributed by atoms with Gasteiger partial charge in [-0.1, -0.05) is 18.2 Å². The van der Waals surface area contributed by atoms with Gasteiger partial charge in [0.05, 0.1) is 23.6 Å². The molecule has 1 unspecified atom stereocenters. The summed E-state index contributed by atoms with van der Waals surface area (Å²) in [4.78, 5) is 1.18. The van der Waals surface area contributed by atoms with E-state index in [1.807, 2.05) is 25.1 Å². The summed E-state index contributed by atoms with van der Waals surface area (Å²) in [6.07, 6.45) is 2.73. The van der Waals surface area contributed by atoms with Gasteiger partial charge >= 0.3 is 6.18 Å². The molecule has 13 heteroatoms. The molecule has 3 heterocycles. The van der Waals surface area contributed by atoms with Crippen molar-refractivity contribution < 1.29 is 26.0 Å². The molecule has 42 heavy (non-hydrogen) atoms. The number of nitrogens with zero attached hydrogens (tertiary/aromatic N) is 6. The molecule has 0 N–H and O–H groups in total. The first-order valence-corrected chi connectivity index (χ1v) is 14.9. The second-order valence-electron chi connectivity index (χ2n) is 11.3. The van der Waals surface area contributed by atoms with Crippen molar-refractivity contribution in [2.75, 3.05) is 13.1 Å². The van der Waals surface area contributed by atoms with E-state index >= 15 is 0 Å². The van der Waals surface area contributed by atoms with Crippen molar-refractivity contribution in [3.8, 4) is 5.69 Å². The summed E-state index contributed by atoms with van der Waals surface area (Å²) in [6.45, 7) is 2.22. The summed E-state index contributed by atoms with van der Waals surface area (Å²) >= 11 is 0. The molecule has 0 bridgehead atoms. The lowest BCUT2D eigenvalue weighted by atomic mass is 9.81. The number of allylic oxidation sites excluding steroid dienone is 4. The molecule has 7 rings (SSSR count). The van der Waals surface area contributed by atoms with Crippen LogP contribution < -0.4 is 0 Å². The molecular weight excluding hydrogens is 572 g/mol. The zero-order valence-electron chi connectivity index (χ0n) is 22.6. The molecule has 2 fully saturated rings. The van der Waals surface area contributed by atoms with Crippen molar-refractivity contribution in [3.05, 3.63) is 89.5 Å². The summed E-state index contributed by atoms with van der Waals surface area (Å²) in [6, 6.07) is 9.91. The summed E-state index contributed by atoms with van der Waals surface area (Å²) in [5.41, 5.74) is 1.98. The Kier molecular flexibility index (Phi) is 5.84. The quantitative estimate of drug-likeness (QED) is 0.307. The smallest absolute Gasteiger partial charge is 0.233 e. The van der Waals surface area contributed by atoms with Crippen LogP contribution in [0.3, 0.4) is 0 Å². The van der Waals surface area contributed by atoms with E-state index in [2.05, 4.69) is 15.3 Å². The predicted octanol–water partition coefficient (Wildman–Crippen LogP) is 4.85. The molecule has 1 saturated carbocycles. The monoisotopic (exact) mass is 598 g/mol. The Bertz CT molecular complexity index is 1890. The zero-order valence-corrected chi connectivity index (χ0v) is 23.4. The first-order valence-electron chi connectivity index (χ1n) is 13.5. The van der Waals surface area contributed by atoms with Gasteiger partial charge in [0.15, 0.2) is 0 Å². The largest absolute Gasteiger partial charge is 0.412 e. The molecule has 2 aliphatic carbocycles. The van der Waals surface area contributed by atoms with Gasteiger partial charge in [-0.05, 0) is 78.6 Å². The maximum Gasteiger partial charge on any atom is 0.412 e. The molecule has 2 aromatic carbocycles. The van der Waals surface area contributed by atoms with Gasteiger partial charge in [0.2, 0.25) is 5.03 Å². The molecule has 4 aromatic rings. The molecule has 0 radical (unpaired) electrons. The number of halogens is 4. The van der Waals surface area contributed by atoms with Gasteiger partial charge in [-0.25, -0.2) is 17.5 Å². The van der Waals surface area contributed by atoms with Crippen molar-refractivity contribution in [3.63, 3.8) is 0 Å². The topological polar surface area (TPSA) is 85.9 Å². The van der Waals surface area contributed by atoms with E-state index in [4.69, 9.17) is 0 Å². The first kappa shape index (κ1) is 27.0. The SMILES string of the molecule is Cc1cc2c(cnn2-c2ccc(F)cc2)cc1[C@@]12CN(S(=O)(=O)c3cnn(C)n3)C[C@@H]1[C@@H]2C1C=CC=C(C(F)(F)F)C1. The Hall–Kier alpha value is -3.84. The maximum absolute atomic E-state index is 13.7. The first-order chi connectivity index (χ1) is 19.9. The fraction of sp³-hybridized carbons (Fsp3) is 0.345. The van der Waals surface area contributed by atoms with Crippen molar-refractivity contribution in [1.29, 1.82) is 0 Å². The number of benzene rings is 2. The van der Waals surface area contributed by atoms with E-state index in [1.54, 1.807) is 23.0 Å². The molecule has 0 amide bonds. The van der Waals surface area contributed by atoms with Gasteiger partial charge in [0.1, 0.15) is 5.82 Å². The van der Waals surface area contributed by atoms with E-state index in [0.29, 0.717) is 5.69 Å². The summed E-state index contributed by atoms with van der Waals surface area (Å²) in [7, 11) is -2.43. The van der Waals surface area contributed by atoms with E-state index in [1.165, 1.54) is 40.6 Å². The Balaban J connectivity index is 1.30. The fourth-order valence-corrected chi connectivity index (χ4v) is 8.57. The minimum absolute atomic E-state index is 0.120. The number of hydrogen-bond donors (Lipinski definition) is 0. The van der Waals surface area contributed by atoms with Crippen LogP contribution in [-0.2, 0) is 22.5 Å². The van der Waals surface area contributed by atoms with Crippen LogP contribution in [0.5, 0.6) is 0 Å². The van der Waals surface area contributed by atoms with Crippen molar-refractivity contribution >= 4 is 20.9 Å². The zero-order chi connectivity index (χ0) is 29.6. The molecule has 1 saturated heterocycles. The van der Waals surface area contributed by atoms with Crippen LogP contribution >= 0.6 is 0 Å². The van der Waals surface area contributed by atoms with Crippen molar-refractivity contribution in [2.45, 2.75) is 30.0 Å². The van der Waals surface area contributed by atoms with E-state index in [-0.39, 0.29) is 42.2 Å². The highest BCUT2D eigenvalue weighted by atomic mass is 32.2. The van der Waals surface area contributed by atoms with Gasteiger partial charge < -0.3 is 0 Å². The molecule has 0 spiro atoms. The van der Waals surface area contributed by atoms with Gasteiger partial charge in [-0.3, -0.25) is 0 Å². The fourth-order valence-electron chi connectivity index (χ4n) is 7.16. The van der Waals surface area contributed by atoms with Gasteiger partial charge in [-0.15, -0.1) is 5.10 Å². The van der Waals surface area contributed by atoms with Crippen LogP contribution in [0.1, 0.15) is 17.5 Å². The predicted molar refractivity (Wildman–Crippen MR) is 146 cm³/mol. The minimum atomic E-state index is -4.43. The van der Waals surface area contributed by atoms with Crippen LogP contribution in [0.15, 0.2) is 77.6 Å². The van der Waals surface area contributed by atoms with Gasteiger partial charge in [0.25, 0.3) is 10.0 Å². The van der Waals surface area contributed by atoms with Crippen LogP contribution in [0, 0.1) is 30.5 Å². The van der Waals surface area contributed by atoms with Crippen LogP contribution in [0.2, 0.25) is 0 Å². The number of sulfonamides is 1. The molecule has 8 nitrogen and oxygen atoms in total. The van der Waals surface area contributed by atoms with Crippen LogP contribution in [0.25, 0.3) is 16.6 Å². The Morgan fingerprint density at radius 3 is 2.52 bits per heavy atom. The van der Waals surface area contributed by atoms with Crippen molar-refractivity contribution in [2.24, 2.45) is 24.8 Å². The van der Waals surface area contributed by atoms with E-state index < -0.39 is 33.1 Å². The molecule has 1 aliphatic heterocycles. The molecule has 3 aliphatic rings. The number of aromatic nitrogens is 5. The second kappa shape index (κ2) is 9.08. The van der Waals surface area contributed by atoms with Gasteiger partial charge in [-0.2, -0.15) is 32.5 Å². The number of alkyl halides is 3. The Morgan fingerprint density at radius 1 is 1.07 bits per heavy atom. The lowest BCUT2D eigenvalue weighted by molar-refractivity contribution is -0.0954. The third-order valence-electron chi connectivity index (χ3n) is 9.03. The van der Waals surface area contributed by atoms with Gasteiger partial charge in [0, 0.05) is 36.5 Å².